The van der Waals surface area contributed by atoms with Crippen LogP contribution in [-0.2, 0) is 13.2 Å². The summed E-state index contributed by atoms with van der Waals surface area (Å²) in [7, 11) is 0. The van der Waals surface area contributed by atoms with Crippen molar-refractivity contribution in [3.8, 4) is 5.75 Å². The lowest BCUT2D eigenvalue weighted by Crippen LogP contribution is -1.96. The number of ether oxygens (including phenoxy) is 1. The third-order valence-electron chi connectivity index (χ3n) is 3.39. The summed E-state index contributed by atoms with van der Waals surface area (Å²) in [6.45, 7) is 2.83. The topological polar surface area (TPSA) is 48.4 Å². The maximum absolute atomic E-state index is 5.78. The average Bonchev–Trinajstić information content (AvgIpc) is 2.85. The molecule has 3 rings (SSSR count). The Kier molecular flexibility index (Phi) is 3.44. The number of furan rings is 1. The molecule has 2 N–H and O–H groups in total. The molecule has 3 nitrogen and oxygen atoms in total. The number of nitrogens with two attached hydrogens (primary N) is 1. The van der Waals surface area contributed by atoms with Gasteiger partial charge in [0.2, 0.25) is 0 Å². The number of hydrogen-bond acceptors (Lipinski definition) is 3. The molecule has 0 spiro atoms. The van der Waals surface area contributed by atoms with Crippen LogP contribution < -0.4 is 10.5 Å². The first-order chi connectivity index (χ1) is 9.76. The standard InChI is InChI=1S/C17H17NO2/c1-12-15(10-18)9-17(20-12)11-19-16-7-6-13-4-2-3-5-14(13)8-16/h2-9H,10-11,18H2,1H3. The molecule has 3 heteroatoms. The zero-order valence-electron chi connectivity index (χ0n) is 11.4. The lowest BCUT2D eigenvalue weighted by molar-refractivity contribution is 0.268. The first-order valence-electron chi connectivity index (χ1n) is 6.66. The van der Waals surface area contributed by atoms with E-state index in [2.05, 4.69) is 18.2 Å². The van der Waals surface area contributed by atoms with Gasteiger partial charge < -0.3 is 14.9 Å². The fourth-order valence-electron chi connectivity index (χ4n) is 2.27. The van der Waals surface area contributed by atoms with Crippen molar-refractivity contribution in [1.29, 1.82) is 0 Å². The summed E-state index contributed by atoms with van der Waals surface area (Å²) in [6, 6.07) is 16.2. The van der Waals surface area contributed by atoms with E-state index in [1.807, 2.05) is 37.3 Å². The monoisotopic (exact) mass is 267 g/mol. The minimum absolute atomic E-state index is 0.416. The second kappa shape index (κ2) is 5.39. The molecule has 0 unspecified atom stereocenters. The summed E-state index contributed by atoms with van der Waals surface area (Å²) in [6.07, 6.45) is 0. The molecular weight excluding hydrogens is 250 g/mol. The minimum Gasteiger partial charge on any atom is -0.486 e. The molecule has 2 aromatic carbocycles. The molecule has 1 aromatic heterocycles. The summed E-state index contributed by atoms with van der Waals surface area (Å²) in [5, 5.41) is 2.38. The summed E-state index contributed by atoms with van der Waals surface area (Å²) in [5.74, 6) is 2.51. The lowest BCUT2D eigenvalue weighted by atomic mass is 10.1. The molecule has 0 amide bonds. The van der Waals surface area contributed by atoms with E-state index >= 15 is 0 Å². The van der Waals surface area contributed by atoms with Crippen LogP contribution in [0.3, 0.4) is 0 Å². The largest absolute Gasteiger partial charge is 0.486 e. The highest BCUT2D eigenvalue weighted by Gasteiger charge is 2.06. The molecule has 0 atom stereocenters. The van der Waals surface area contributed by atoms with Crippen LogP contribution in [0, 0.1) is 6.92 Å². The van der Waals surface area contributed by atoms with Gasteiger partial charge in [-0.05, 0) is 35.9 Å². The molecule has 0 aliphatic heterocycles. The summed E-state index contributed by atoms with van der Waals surface area (Å²) >= 11 is 0. The van der Waals surface area contributed by atoms with Gasteiger partial charge in [-0.15, -0.1) is 0 Å². The van der Waals surface area contributed by atoms with E-state index in [1.165, 1.54) is 10.8 Å². The van der Waals surface area contributed by atoms with Crippen molar-refractivity contribution >= 4 is 10.8 Å². The van der Waals surface area contributed by atoms with Gasteiger partial charge in [0, 0.05) is 12.1 Å². The van der Waals surface area contributed by atoms with Crippen LogP contribution in [0.25, 0.3) is 10.8 Å². The van der Waals surface area contributed by atoms with Gasteiger partial charge in [0.05, 0.1) is 0 Å². The number of fused-ring (bicyclic) bond motifs is 1. The summed E-state index contributed by atoms with van der Waals surface area (Å²) in [5.41, 5.74) is 6.66. The van der Waals surface area contributed by atoms with Crippen LogP contribution in [0.4, 0.5) is 0 Å². The number of aryl methyl sites for hydroxylation is 1. The van der Waals surface area contributed by atoms with Crippen LogP contribution in [-0.4, -0.2) is 0 Å². The third-order valence-corrected chi connectivity index (χ3v) is 3.39. The molecule has 3 aromatic rings. The van der Waals surface area contributed by atoms with Gasteiger partial charge in [0.1, 0.15) is 23.9 Å². The zero-order chi connectivity index (χ0) is 13.9. The second-order valence-corrected chi connectivity index (χ2v) is 4.80. The van der Waals surface area contributed by atoms with Gasteiger partial charge >= 0.3 is 0 Å². The van der Waals surface area contributed by atoms with Crippen molar-refractivity contribution < 1.29 is 9.15 Å². The molecular formula is C17H17NO2. The van der Waals surface area contributed by atoms with Gasteiger partial charge in [0.25, 0.3) is 0 Å². The number of benzene rings is 2. The minimum atomic E-state index is 0.416. The first-order valence-corrected chi connectivity index (χ1v) is 6.66. The van der Waals surface area contributed by atoms with Crippen LogP contribution in [0.15, 0.2) is 52.9 Å². The smallest absolute Gasteiger partial charge is 0.146 e. The highest BCUT2D eigenvalue weighted by Crippen LogP contribution is 2.22. The first kappa shape index (κ1) is 12.8. The number of rotatable bonds is 4. The van der Waals surface area contributed by atoms with Crippen molar-refractivity contribution in [3.63, 3.8) is 0 Å². The molecule has 1 heterocycles. The quantitative estimate of drug-likeness (QED) is 0.782. The van der Waals surface area contributed by atoms with Crippen molar-refractivity contribution in [3.05, 3.63) is 65.6 Å². The number of hydrogen-bond donors (Lipinski definition) is 1. The third kappa shape index (κ3) is 2.53. The van der Waals surface area contributed by atoms with E-state index in [1.54, 1.807) is 0 Å². The molecule has 0 radical (unpaired) electrons. The normalized spacial score (nSPS) is 10.9. The van der Waals surface area contributed by atoms with Gasteiger partial charge in [-0.25, -0.2) is 0 Å². The highest BCUT2D eigenvalue weighted by molar-refractivity contribution is 5.83. The van der Waals surface area contributed by atoms with Crippen molar-refractivity contribution in [2.75, 3.05) is 0 Å². The predicted octanol–water partition coefficient (Wildman–Crippen LogP) is 3.78. The SMILES string of the molecule is Cc1oc(COc2ccc3ccccc3c2)cc1CN. The maximum Gasteiger partial charge on any atom is 0.146 e. The Hall–Kier alpha value is -2.26. The van der Waals surface area contributed by atoms with E-state index in [0.717, 1.165) is 22.8 Å². The summed E-state index contributed by atoms with van der Waals surface area (Å²) < 4.78 is 11.4. The fourth-order valence-corrected chi connectivity index (χ4v) is 2.27. The van der Waals surface area contributed by atoms with E-state index in [4.69, 9.17) is 14.9 Å². The Morgan fingerprint density at radius 2 is 1.85 bits per heavy atom. The second-order valence-electron chi connectivity index (χ2n) is 4.80. The van der Waals surface area contributed by atoms with E-state index in [0.29, 0.717) is 13.2 Å². The van der Waals surface area contributed by atoms with E-state index in [-0.39, 0.29) is 0 Å². The summed E-state index contributed by atoms with van der Waals surface area (Å²) in [4.78, 5) is 0. The molecule has 0 saturated carbocycles. The molecule has 0 aliphatic carbocycles. The highest BCUT2D eigenvalue weighted by atomic mass is 16.5. The zero-order valence-corrected chi connectivity index (χ0v) is 11.4. The molecule has 0 saturated heterocycles. The molecule has 20 heavy (non-hydrogen) atoms. The molecule has 0 bridgehead atoms. The van der Waals surface area contributed by atoms with E-state index in [9.17, 15) is 0 Å². The van der Waals surface area contributed by atoms with Crippen LogP contribution in [0.2, 0.25) is 0 Å². The van der Waals surface area contributed by atoms with Gasteiger partial charge in [0.15, 0.2) is 0 Å². The maximum atomic E-state index is 5.78. The van der Waals surface area contributed by atoms with Crippen molar-refractivity contribution in [2.24, 2.45) is 5.73 Å². The molecule has 102 valence electrons. The van der Waals surface area contributed by atoms with Gasteiger partial charge in [-0.2, -0.15) is 0 Å². The average molecular weight is 267 g/mol. The lowest BCUT2D eigenvalue weighted by Gasteiger charge is -2.05. The van der Waals surface area contributed by atoms with Crippen molar-refractivity contribution in [2.45, 2.75) is 20.1 Å². The molecule has 0 fully saturated rings. The Morgan fingerprint density at radius 1 is 1.05 bits per heavy atom. The van der Waals surface area contributed by atoms with Crippen LogP contribution >= 0.6 is 0 Å². The molecule has 0 aliphatic rings. The Morgan fingerprint density at radius 3 is 2.60 bits per heavy atom. The Balaban J connectivity index is 1.75. The van der Waals surface area contributed by atoms with E-state index < -0.39 is 0 Å². The van der Waals surface area contributed by atoms with Gasteiger partial charge in [-0.1, -0.05) is 30.3 Å². The van der Waals surface area contributed by atoms with Crippen LogP contribution in [0.5, 0.6) is 5.75 Å². The van der Waals surface area contributed by atoms with Crippen LogP contribution in [0.1, 0.15) is 17.1 Å². The Bertz CT molecular complexity index is 731. The fraction of sp³-hybridized carbons (Fsp3) is 0.176. The Labute approximate surface area is 118 Å². The predicted molar refractivity (Wildman–Crippen MR) is 79.6 cm³/mol. The van der Waals surface area contributed by atoms with Gasteiger partial charge in [-0.3, -0.25) is 0 Å². The van der Waals surface area contributed by atoms with Crippen molar-refractivity contribution in [1.82, 2.24) is 0 Å².